The second-order valence-corrected chi connectivity index (χ2v) is 4.16. The van der Waals surface area contributed by atoms with E-state index in [0.29, 0.717) is 31.5 Å². The van der Waals surface area contributed by atoms with E-state index in [1.165, 1.54) is 6.20 Å². The molecule has 1 heterocycles. The summed E-state index contributed by atoms with van der Waals surface area (Å²) in [4.78, 5) is 20.7. The first-order chi connectivity index (χ1) is 9.63. The molecular formula is C12H21N5O3. The summed E-state index contributed by atoms with van der Waals surface area (Å²) in [6.45, 7) is 6.29. The van der Waals surface area contributed by atoms with E-state index in [9.17, 15) is 10.1 Å². The Morgan fingerprint density at radius 3 is 2.80 bits per heavy atom. The van der Waals surface area contributed by atoms with Gasteiger partial charge in [-0.25, -0.2) is 4.98 Å². The van der Waals surface area contributed by atoms with Crippen molar-refractivity contribution in [2.75, 3.05) is 43.6 Å². The van der Waals surface area contributed by atoms with Gasteiger partial charge in [-0.05, 0) is 13.3 Å². The van der Waals surface area contributed by atoms with E-state index in [1.54, 1.807) is 12.0 Å². The third-order valence-corrected chi connectivity index (χ3v) is 2.73. The number of likely N-dealkylation sites (N-methyl/N-ethyl adjacent to an activating group) is 1. The van der Waals surface area contributed by atoms with Gasteiger partial charge in [0.15, 0.2) is 0 Å². The lowest BCUT2D eigenvalue weighted by molar-refractivity contribution is -0.384. The molecule has 20 heavy (non-hydrogen) atoms. The van der Waals surface area contributed by atoms with Crippen molar-refractivity contribution in [1.29, 1.82) is 0 Å². The number of aromatic nitrogens is 2. The number of nitrogens with one attached hydrogen (secondary N) is 1. The summed E-state index contributed by atoms with van der Waals surface area (Å²) >= 11 is 0. The van der Waals surface area contributed by atoms with E-state index in [0.717, 1.165) is 13.0 Å². The van der Waals surface area contributed by atoms with Crippen LogP contribution in [0, 0.1) is 10.1 Å². The molecule has 0 aliphatic heterocycles. The first-order valence-electron chi connectivity index (χ1n) is 6.63. The number of methoxy groups -OCH3 is 1. The number of nitro groups is 1. The Hall–Kier alpha value is -1.96. The number of rotatable bonds is 9. The van der Waals surface area contributed by atoms with Crippen molar-refractivity contribution < 1.29 is 9.66 Å². The fourth-order valence-electron chi connectivity index (χ4n) is 1.67. The molecule has 8 heteroatoms. The van der Waals surface area contributed by atoms with E-state index in [-0.39, 0.29) is 5.69 Å². The molecule has 1 aromatic heterocycles. The van der Waals surface area contributed by atoms with Crippen LogP contribution in [-0.2, 0) is 4.74 Å². The first-order valence-corrected chi connectivity index (χ1v) is 6.63. The van der Waals surface area contributed by atoms with Crippen molar-refractivity contribution in [3.05, 3.63) is 16.3 Å². The van der Waals surface area contributed by atoms with Crippen LogP contribution >= 0.6 is 0 Å². The molecule has 8 nitrogen and oxygen atoms in total. The number of anilines is 2. The Morgan fingerprint density at radius 2 is 2.25 bits per heavy atom. The SMILES string of the molecule is CCCNc1ncc([N+](=O)[O-])c(N(CC)CCOC)n1. The van der Waals surface area contributed by atoms with Crippen LogP contribution in [0.4, 0.5) is 17.5 Å². The van der Waals surface area contributed by atoms with Gasteiger partial charge in [0.2, 0.25) is 11.8 Å². The number of ether oxygens (including phenoxy) is 1. The smallest absolute Gasteiger partial charge is 0.329 e. The zero-order valence-corrected chi connectivity index (χ0v) is 12.1. The van der Waals surface area contributed by atoms with Gasteiger partial charge in [0.1, 0.15) is 6.20 Å². The molecule has 0 aliphatic rings. The second-order valence-electron chi connectivity index (χ2n) is 4.16. The highest BCUT2D eigenvalue weighted by Crippen LogP contribution is 2.25. The second kappa shape index (κ2) is 8.26. The van der Waals surface area contributed by atoms with Gasteiger partial charge in [0, 0.05) is 26.7 Å². The van der Waals surface area contributed by atoms with E-state index in [1.807, 2.05) is 13.8 Å². The fraction of sp³-hybridized carbons (Fsp3) is 0.667. The molecule has 0 unspecified atom stereocenters. The zero-order chi connectivity index (χ0) is 15.0. The molecule has 0 radical (unpaired) electrons. The summed E-state index contributed by atoms with van der Waals surface area (Å²) in [6, 6.07) is 0. The molecule has 0 atom stereocenters. The van der Waals surface area contributed by atoms with Gasteiger partial charge in [-0.2, -0.15) is 4.98 Å². The summed E-state index contributed by atoms with van der Waals surface area (Å²) < 4.78 is 5.02. The minimum atomic E-state index is -0.464. The lowest BCUT2D eigenvalue weighted by Crippen LogP contribution is -2.28. The van der Waals surface area contributed by atoms with Gasteiger partial charge < -0.3 is 15.0 Å². The van der Waals surface area contributed by atoms with Gasteiger partial charge in [0.25, 0.3) is 0 Å². The van der Waals surface area contributed by atoms with E-state index in [2.05, 4.69) is 15.3 Å². The molecule has 0 aromatic carbocycles. The molecule has 0 saturated heterocycles. The molecule has 0 saturated carbocycles. The maximum Gasteiger partial charge on any atom is 0.329 e. The number of nitrogens with zero attached hydrogens (tertiary/aromatic N) is 4. The van der Waals surface area contributed by atoms with Crippen LogP contribution in [0.2, 0.25) is 0 Å². The highest BCUT2D eigenvalue weighted by atomic mass is 16.6. The summed E-state index contributed by atoms with van der Waals surface area (Å²) in [7, 11) is 1.59. The molecule has 0 fully saturated rings. The monoisotopic (exact) mass is 283 g/mol. The van der Waals surface area contributed by atoms with Gasteiger partial charge in [-0.1, -0.05) is 6.92 Å². The van der Waals surface area contributed by atoms with Crippen molar-refractivity contribution in [1.82, 2.24) is 9.97 Å². The maximum absolute atomic E-state index is 11.1. The highest BCUT2D eigenvalue weighted by Gasteiger charge is 2.21. The van der Waals surface area contributed by atoms with Crippen LogP contribution in [0.3, 0.4) is 0 Å². The summed E-state index contributed by atoms with van der Waals surface area (Å²) in [5.41, 5.74) is -0.0926. The van der Waals surface area contributed by atoms with Gasteiger partial charge in [-0.15, -0.1) is 0 Å². The molecule has 0 spiro atoms. The zero-order valence-electron chi connectivity index (χ0n) is 12.1. The van der Waals surface area contributed by atoms with Gasteiger partial charge in [-0.3, -0.25) is 10.1 Å². The molecule has 0 bridgehead atoms. The predicted octanol–water partition coefficient (Wildman–Crippen LogP) is 1.68. The minimum absolute atomic E-state index is 0.0926. The molecule has 1 rings (SSSR count). The van der Waals surface area contributed by atoms with Crippen LogP contribution in [0.15, 0.2) is 6.20 Å². The summed E-state index contributed by atoms with van der Waals surface area (Å²) in [5, 5.41) is 14.1. The van der Waals surface area contributed by atoms with Crippen molar-refractivity contribution in [2.24, 2.45) is 0 Å². The van der Waals surface area contributed by atoms with Crippen LogP contribution in [0.5, 0.6) is 0 Å². The van der Waals surface area contributed by atoms with E-state index >= 15 is 0 Å². The number of hydrogen-bond donors (Lipinski definition) is 1. The highest BCUT2D eigenvalue weighted by molar-refractivity contribution is 5.58. The quantitative estimate of drug-likeness (QED) is 0.544. The first kappa shape index (κ1) is 16.1. The number of hydrogen-bond acceptors (Lipinski definition) is 7. The molecule has 0 aliphatic carbocycles. The topological polar surface area (TPSA) is 93.4 Å². The summed E-state index contributed by atoms with van der Waals surface area (Å²) in [5.74, 6) is 0.728. The van der Waals surface area contributed by atoms with E-state index in [4.69, 9.17) is 4.74 Å². The molecule has 0 amide bonds. The molecule has 1 N–H and O–H groups in total. The Labute approximate surface area is 118 Å². The van der Waals surface area contributed by atoms with Crippen LogP contribution in [0.25, 0.3) is 0 Å². The van der Waals surface area contributed by atoms with Crippen molar-refractivity contribution >= 4 is 17.5 Å². The Morgan fingerprint density at radius 1 is 1.50 bits per heavy atom. The van der Waals surface area contributed by atoms with Crippen molar-refractivity contribution in [2.45, 2.75) is 20.3 Å². The van der Waals surface area contributed by atoms with Crippen LogP contribution in [0.1, 0.15) is 20.3 Å². The minimum Gasteiger partial charge on any atom is -0.383 e. The van der Waals surface area contributed by atoms with Gasteiger partial charge >= 0.3 is 5.69 Å². The Kier molecular flexibility index (Phi) is 6.65. The normalized spacial score (nSPS) is 10.3. The van der Waals surface area contributed by atoms with Crippen LogP contribution in [-0.4, -0.2) is 48.2 Å². The summed E-state index contributed by atoms with van der Waals surface area (Å²) in [6.07, 6.45) is 2.17. The average Bonchev–Trinajstić information content (AvgIpc) is 2.45. The standard InChI is InChI=1S/C12H21N5O3/c1-4-6-13-12-14-9-10(17(18)19)11(15-12)16(5-2)7-8-20-3/h9H,4-8H2,1-3H3,(H,13,14,15). The van der Waals surface area contributed by atoms with E-state index < -0.39 is 4.92 Å². The molecule has 112 valence electrons. The molecular weight excluding hydrogens is 262 g/mol. The third kappa shape index (κ3) is 4.30. The predicted molar refractivity (Wildman–Crippen MR) is 77.2 cm³/mol. The van der Waals surface area contributed by atoms with Crippen molar-refractivity contribution in [3.63, 3.8) is 0 Å². The Bertz CT molecular complexity index is 441. The third-order valence-electron chi connectivity index (χ3n) is 2.73. The Balaban J connectivity index is 3.05. The molecule has 1 aromatic rings. The van der Waals surface area contributed by atoms with Gasteiger partial charge in [0.05, 0.1) is 11.5 Å². The van der Waals surface area contributed by atoms with Crippen LogP contribution < -0.4 is 10.2 Å². The lowest BCUT2D eigenvalue weighted by atomic mass is 10.4. The maximum atomic E-state index is 11.1. The fourth-order valence-corrected chi connectivity index (χ4v) is 1.67. The average molecular weight is 283 g/mol. The largest absolute Gasteiger partial charge is 0.383 e. The lowest BCUT2D eigenvalue weighted by Gasteiger charge is -2.21. The van der Waals surface area contributed by atoms with Crippen molar-refractivity contribution in [3.8, 4) is 0 Å².